The van der Waals surface area contributed by atoms with Gasteiger partial charge in [0.25, 0.3) is 0 Å². The van der Waals surface area contributed by atoms with Gasteiger partial charge in [-0.25, -0.2) is 0 Å². The number of carbonyl (C=O) groups excluding carboxylic acids is 1. The summed E-state index contributed by atoms with van der Waals surface area (Å²) in [6, 6.07) is 8.20. The van der Waals surface area contributed by atoms with E-state index in [0.29, 0.717) is 19.1 Å². The van der Waals surface area contributed by atoms with Gasteiger partial charge in [0.1, 0.15) is 0 Å². The second kappa shape index (κ2) is 9.03. The maximum Gasteiger partial charge on any atom is 0.223 e. The number of hydrogen-bond acceptors (Lipinski definition) is 3. The lowest BCUT2D eigenvalue weighted by molar-refractivity contribution is -0.126. The van der Waals surface area contributed by atoms with E-state index in [4.69, 9.17) is 4.74 Å². The van der Waals surface area contributed by atoms with E-state index in [0.717, 1.165) is 30.8 Å². The van der Waals surface area contributed by atoms with Crippen molar-refractivity contribution in [2.75, 3.05) is 19.7 Å². The first kappa shape index (κ1) is 18.0. The molecular weight excluding hydrogens is 288 g/mol. The molecule has 1 heterocycles. The van der Waals surface area contributed by atoms with Crippen molar-refractivity contribution in [3.63, 3.8) is 0 Å². The summed E-state index contributed by atoms with van der Waals surface area (Å²) in [5.74, 6) is 0.729. The molecule has 1 aromatic rings. The van der Waals surface area contributed by atoms with Gasteiger partial charge >= 0.3 is 0 Å². The lowest BCUT2D eigenvalue weighted by Crippen LogP contribution is -2.49. The van der Waals surface area contributed by atoms with E-state index in [1.54, 1.807) is 0 Å². The molecule has 1 fully saturated rings. The first-order valence-electron chi connectivity index (χ1n) is 7.34. The van der Waals surface area contributed by atoms with Crippen LogP contribution in [0.2, 0.25) is 0 Å². The molecule has 1 aliphatic rings. The SMILES string of the molecule is CCOCc1ccc(CNC(=O)C(C)C2CNC2)cc1.Cl. The van der Waals surface area contributed by atoms with Crippen molar-refractivity contribution in [1.29, 1.82) is 0 Å². The Hall–Kier alpha value is -1.10. The van der Waals surface area contributed by atoms with Crippen molar-refractivity contribution >= 4 is 18.3 Å². The predicted molar refractivity (Wildman–Crippen MR) is 86.4 cm³/mol. The fraction of sp³-hybridized carbons (Fsp3) is 0.562. The molecule has 0 spiro atoms. The summed E-state index contributed by atoms with van der Waals surface area (Å²) in [7, 11) is 0. The van der Waals surface area contributed by atoms with Crippen LogP contribution in [0.25, 0.3) is 0 Å². The number of benzene rings is 1. The predicted octanol–water partition coefficient (Wildman–Crippen LogP) is 2.12. The molecule has 0 aromatic heterocycles. The second-order valence-electron chi connectivity index (χ2n) is 5.38. The second-order valence-corrected chi connectivity index (χ2v) is 5.38. The van der Waals surface area contributed by atoms with Gasteiger partial charge in [0.15, 0.2) is 0 Å². The Morgan fingerprint density at radius 1 is 1.33 bits per heavy atom. The van der Waals surface area contributed by atoms with Crippen molar-refractivity contribution in [2.24, 2.45) is 11.8 Å². The average Bonchev–Trinajstić information content (AvgIpc) is 2.41. The molecule has 2 N–H and O–H groups in total. The molecule has 2 rings (SSSR count). The van der Waals surface area contributed by atoms with Crippen LogP contribution >= 0.6 is 12.4 Å². The van der Waals surface area contributed by atoms with Gasteiger partial charge < -0.3 is 15.4 Å². The van der Waals surface area contributed by atoms with Gasteiger partial charge in [0.05, 0.1) is 6.61 Å². The van der Waals surface area contributed by atoms with Crippen LogP contribution in [0.1, 0.15) is 25.0 Å². The van der Waals surface area contributed by atoms with E-state index in [1.165, 1.54) is 0 Å². The first-order chi connectivity index (χ1) is 9.70. The first-order valence-corrected chi connectivity index (χ1v) is 7.34. The van der Waals surface area contributed by atoms with Crippen LogP contribution in [0.3, 0.4) is 0 Å². The summed E-state index contributed by atoms with van der Waals surface area (Å²) in [6.07, 6.45) is 0. The normalized spacial score (nSPS) is 15.7. The van der Waals surface area contributed by atoms with Gasteiger partial charge in [-0.3, -0.25) is 4.79 Å². The van der Waals surface area contributed by atoms with Crippen molar-refractivity contribution in [3.8, 4) is 0 Å². The van der Waals surface area contributed by atoms with Gasteiger partial charge in [0.2, 0.25) is 5.91 Å². The van der Waals surface area contributed by atoms with Gasteiger partial charge in [-0.2, -0.15) is 0 Å². The number of halogens is 1. The molecular formula is C16H25ClN2O2. The van der Waals surface area contributed by atoms with E-state index in [9.17, 15) is 4.79 Å². The highest BCUT2D eigenvalue weighted by molar-refractivity contribution is 5.85. The fourth-order valence-electron chi connectivity index (χ4n) is 2.20. The van der Waals surface area contributed by atoms with Crippen molar-refractivity contribution in [3.05, 3.63) is 35.4 Å². The Morgan fingerprint density at radius 2 is 1.95 bits per heavy atom. The fourth-order valence-corrected chi connectivity index (χ4v) is 2.20. The minimum Gasteiger partial charge on any atom is -0.377 e. The van der Waals surface area contributed by atoms with Crippen LogP contribution in [-0.4, -0.2) is 25.6 Å². The molecule has 1 unspecified atom stereocenters. The zero-order chi connectivity index (χ0) is 14.4. The minimum absolute atomic E-state index is 0. The van der Waals surface area contributed by atoms with Crippen LogP contribution < -0.4 is 10.6 Å². The van der Waals surface area contributed by atoms with Crippen molar-refractivity contribution < 1.29 is 9.53 Å². The lowest BCUT2D eigenvalue weighted by Gasteiger charge is -2.31. The molecule has 0 radical (unpaired) electrons. The smallest absolute Gasteiger partial charge is 0.223 e. The minimum atomic E-state index is 0. The molecule has 1 aromatic carbocycles. The maximum absolute atomic E-state index is 12.0. The Labute approximate surface area is 133 Å². The summed E-state index contributed by atoms with van der Waals surface area (Å²) in [5, 5.41) is 6.21. The standard InChI is InChI=1S/C16H24N2O2.ClH/c1-3-20-11-14-6-4-13(5-7-14)8-18-16(19)12(2)15-9-17-10-15;/h4-7,12,15,17H,3,8-11H2,1-2H3,(H,18,19);1H. The molecule has 5 heteroatoms. The van der Waals surface area contributed by atoms with Crippen molar-refractivity contribution in [2.45, 2.75) is 27.0 Å². The van der Waals surface area contributed by atoms with Crippen LogP contribution in [0, 0.1) is 11.8 Å². The van der Waals surface area contributed by atoms with E-state index < -0.39 is 0 Å². The highest BCUT2D eigenvalue weighted by Gasteiger charge is 2.28. The van der Waals surface area contributed by atoms with E-state index >= 15 is 0 Å². The van der Waals surface area contributed by atoms with Gasteiger partial charge in [0, 0.05) is 19.1 Å². The third kappa shape index (κ3) is 5.30. The van der Waals surface area contributed by atoms with Crippen LogP contribution in [0.15, 0.2) is 24.3 Å². The highest BCUT2D eigenvalue weighted by atomic mass is 35.5. The molecule has 0 saturated carbocycles. The molecule has 0 bridgehead atoms. The number of carbonyl (C=O) groups is 1. The van der Waals surface area contributed by atoms with E-state index in [-0.39, 0.29) is 24.2 Å². The number of ether oxygens (including phenoxy) is 1. The Kier molecular flexibility index (Phi) is 7.72. The summed E-state index contributed by atoms with van der Waals surface area (Å²) in [5.41, 5.74) is 2.29. The Balaban J connectivity index is 0.00000220. The van der Waals surface area contributed by atoms with Crippen LogP contribution in [0.4, 0.5) is 0 Å². The van der Waals surface area contributed by atoms with Crippen LogP contribution in [-0.2, 0) is 22.7 Å². The lowest BCUT2D eigenvalue weighted by atomic mass is 9.88. The zero-order valence-corrected chi connectivity index (χ0v) is 13.5. The summed E-state index contributed by atoms with van der Waals surface area (Å²) >= 11 is 0. The average molecular weight is 313 g/mol. The summed E-state index contributed by atoms with van der Waals surface area (Å²) in [4.78, 5) is 12.0. The van der Waals surface area contributed by atoms with Crippen molar-refractivity contribution in [1.82, 2.24) is 10.6 Å². The monoisotopic (exact) mass is 312 g/mol. The third-order valence-corrected chi connectivity index (χ3v) is 3.90. The molecule has 1 atom stereocenters. The summed E-state index contributed by atoms with van der Waals surface area (Å²) < 4.78 is 5.36. The molecule has 4 nitrogen and oxygen atoms in total. The molecule has 0 aliphatic carbocycles. The maximum atomic E-state index is 12.0. The Morgan fingerprint density at radius 3 is 2.48 bits per heavy atom. The molecule has 118 valence electrons. The number of hydrogen-bond donors (Lipinski definition) is 2. The van der Waals surface area contributed by atoms with E-state index in [1.807, 2.05) is 26.0 Å². The third-order valence-electron chi connectivity index (χ3n) is 3.90. The quantitative estimate of drug-likeness (QED) is 0.811. The molecule has 1 saturated heterocycles. The summed E-state index contributed by atoms with van der Waals surface area (Å²) in [6.45, 7) is 7.88. The molecule has 21 heavy (non-hydrogen) atoms. The van der Waals surface area contributed by atoms with Gasteiger partial charge in [-0.05, 0) is 37.1 Å². The number of rotatable bonds is 7. The number of amides is 1. The topological polar surface area (TPSA) is 50.4 Å². The zero-order valence-electron chi connectivity index (χ0n) is 12.7. The highest BCUT2D eigenvalue weighted by Crippen LogP contribution is 2.16. The Bertz CT molecular complexity index is 432. The molecule has 1 aliphatic heterocycles. The van der Waals surface area contributed by atoms with Gasteiger partial charge in [-0.1, -0.05) is 31.2 Å². The number of nitrogens with one attached hydrogen (secondary N) is 2. The molecule has 1 amide bonds. The van der Waals surface area contributed by atoms with Crippen LogP contribution in [0.5, 0.6) is 0 Å². The van der Waals surface area contributed by atoms with E-state index in [2.05, 4.69) is 22.8 Å². The largest absolute Gasteiger partial charge is 0.377 e. The van der Waals surface area contributed by atoms with Gasteiger partial charge in [-0.15, -0.1) is 12.4 Å².